The molecule has 1 rings (SSSR count). The third-order valence-electron chi connectivity index (χ3n) is 1.93. The van der Waals surface area contributed by atoms with Gasteiger partial charge in [-0.1, -0.05) is 0 Å². The fourth-order valence-electron chi connectivity index (χ4n) is 1.19. The Morgan fingerprint density at radius 2 is 1.69 bits per heavy atom. The first-order valence-electron chi connectivity index (χ1n) is 4.86. The number of esters is 1. The molecule has 0 saturated heterocycles. The molecule has 0 aliphatic heterocycles. The SMILES string of the molecule is CC(=O)Oc1ccc(C(=O)C(C)(C)O)cc1. The van der Waals surface area contributed by atoms with Gasteiger partial charge in [-0.2, -0.15) is 0 Å². The number of hydrogen-bond acceptors (Lipinski definition) is 4. The van der Waals surface area contributed by atoms with E-state index in [1.807, 2.05) is 0 Å². The monoisotopic (exact) mass is 222 g/mol. The molecule has 4 nitrogen and oxygen atoms in total. The average molecular weight is 222 g/mol. The van der Waals surface area contributed by atoms with Crippen molar-refractivity contribution in [1.82, 2.24) is 0 Å². The summed E-state index contributed by atoms with van der Waals surface area (Å²) < 4.78 is 4.82. The van der Waals surface area contributed by atoms with E-state index < -0.39 is 11.6 Å². The van der Waals surface area contributed by atoms with Gasteiger partial charge in [0.15, 0.2) is 5.78 Å². The number of hydrogen-bond donors (Lipinski definition) is 1. The molecule has 4 heteroatoms. The summed E-state index contributed by atoms with van der Waals surface area (Å²) in [6, 6.07) is 6.05. The zero-order valence-corrected chi connectivity index (χ0v) is 9.48. The molecule has 16 heavy (non-hydrogen) atoms. The fourth-order valence-corrected chi connectivity index (χ4v) is 1.19. The van der Waals surface area contributed by atoms with Crippen LogP contribution in [0, 0.1) is 0 Å². The summed E-state index contributed by atoms with van der Waals surface area (Å²) in [5.41, 5.74) is -1.02. The maximum atomic E-state index is 11.6. The van der Waals surface area contributed by atoms with Gasteiger partial charge in [0.1, 0.15) is 11.4 Å². The topological polar surface area (TPSA) is 63.6 Å². The highest BCUT2D eigenvalue weighted by Crippen LogP contribution is 2.17. The van der Waals surface area contributed by atoms with Crippen LogP contribution in [0.5, 0.6) is 5.75 Å². The molecule has 0 aliphatic carbocycles. The predicted molar refractivity (Wildman–Crippen MR) is 58.4 cm³/mol. The quantitative estimate of drug-likeness (QED) is 0.479. The Kier molecular flexibility index (Phi) is 3.44. The van der Waals surface area contributed by atoms with E-state index >= 15 is 0 Å². The zero-order valence-electron chi connectivity index (χ0n) is 9.48. The van der Waals surface area contributed by atoms with Crippen molar-refractivity contribution in [2.75, 3.05) is 0 Å². The van der Waals surface area contributed by atoms with E-state index in [2.05, 4.69) is 0 Å². The van der Waals surface area contributed by atoms with E-state index in [9.17, 15) is 14.7 Å². The molecule has 0 heterocycles. The van der Waals surface area contributed by atoms with Crippen LogP contribution in [0.3, 0.4) is 0 Å². The van der Waals surface area contributed by atoms with Gasteiger partial charge in [-0.3, -0.25) is 9.59 Å². The Labute approximate surface area is 93.9 Å². The van der Waals surface area contributed by atoms with Crippen LogP contribution in [-0.4, -0.2) is 22.5 Å². The van der Waals surface area contributed by atoms with Gasteiger partial charge in [0.2, 0.25) is 0 Å². The van der Waals surface area contributed by atoms with E-state index in [1.165, 1.54) is 45.0 Å². The van der Waals surface area contributed by atoms with Crippen LogP contribution in [-0.2, 0) is 4.79 Å². The van der Waals surface area contributed by atoms with Crippen molar-refractivity contribution >= 4 is 11.8 Å². The van der Waals surface area contributed by atoms with E-state index in [1.54, 1.807) is 0 Å². The molecule has 0 amide bonds. The Hall–Kier alpha value is -1.68. The van der Waals surface area contributed by atoms with Crippen molar-refractivity contribution in [3.63, 3.8) is 0 Å². The molecule has 0 unspecified atom stereocenters. The number of ether oxygens (including phenoxy) is 1. The van der Waals surface area contributed by atoms with Crippen molar-refractivity contribution in [3.8, 4) is 5.75 Å². The van der Waals surface area contributed by atoms with E-state index in [0.29, 0.717) is 11.3 Å². The number of ketones is 1. The molecule has 0 atom stereocenters. The summed E-state index contributed by atoms with van der Waals surface area (Å²) in [7, 11) is 0. The standard InChI is InChI=1S/C12H14O4/c1-8(13)16-10-6-4-9(5-7-10)11(14)12(2,3)15/h4-7,15H,1-3H3. The smallest absolute Gasteiger partial charge is 0.308 e. The number of Topliss-reactive ketones (excluding diaryl/α,β-unsaturated/α-hetero) is 1. The Morgan fingerprint density at radius 1 is 1.19 bits per heavy atom. The number of rotatable bonds is 3. The molecule has 0 bridgehead atoms. The van der Waals surface area contributed by atoms with Crippen LogP contribution in [0.25, 0.3) is 0 Å². The molecular weight excluding hydrogens is 208 g/mol. The molecule has 86 valence electrons. The molecule has 1 N–H and O–H groups in total. The number of aliphatic hydroxyl groups is 1. The zero-order chi connectivity index (χ0) is 12.3. The van der Waals surface area contributed by atoms with Gasteiger partial charge in [-0.05, 0) is 38.1 Å². The molecule has 0 radical (unpaired) electrons. The Balaban J connectivity index is 2.87. The minimum absolute atomic E-state index is 0.373. The van der Waals surface area contributed by atoms with Crippen LogP contribution in [0.2, 0.25) is 0 Å². The van der Waals surface area contributed by atoms with Crippen LogP contribution < -0.4 is 4.74 Å². The Bertz CT molecular complexity index is 398. The second kappa shape index (κ2) is 4.45. The molecule has 0 aromatic heterocycles. The van der Waals surface area contributed by atoms with Crippen molar-refractivity contribution < 1.29 is 19.4 Å². The lowest BCUT2D eigenvalue weighted by atomic mass is 9.97. The summed E-state index contributed by atoms with van der Waals surface area (Å²) in [4.78, 5) is 22.3. The van der Waals surface area contributed by atoms with Crippen molar-refractivity contribution in [3.05, 3.63) is 29.8 Å². The molecule has 0 fully saturated rings. The van der Waals surface area contributed by atoms with Gasteiger partial charge < -0.3 is 9.84 Å². The van der Waals surface area contributed by atoms with E-state index in [-0.39, 0.29) is 5.78 Å². The van der Waals surface area contributed by atoms with Crippen molar-refractivity contribution in [2.45, 2.75) is 26.4 Å². The molecule has 0 spiro atoms. The summed E-state index contributed by atoms with van der Waals surface area (Å²) in [6.07, 6.45) is 0. The average Bonchev–Trinajstić information content (AvgIpc) is 2.15. The highest BCUT2D eigenvalue weighted by atomic mass is 16.5. The van der Waals surface area contributed by atoms with Crippen LogP contribution in [0.1, 0.15) is 31.1 Å². The van der Waals surface area contributed by atoms with Gasteiger partial charge in [-0.15, -0.1) is 0 Å². The normalized spacial score (nSPS) is 11.0. The largest absolute Gasteiger partial charge is 0.427 e. The number of carbonyl (C=O) groups excluding carboxylic acids is 2. The fraction of sp³-hybridized carbons (Fsp3) is 0.333. The van der Waals surface area contributed by atoms with Gasteiger partial charge in [0, 0.05) is 12.5 Å². The van der Waals surface area contributed by atoms with E-state index in [4.69, 9.17) is 4.74 Å². The van der Waals surface area contributed by atoms with Crippen molar-refractivity contribution in [2.24, 2.45) is 0 Å². The van der Waals surface area contributed by atoms with Gasteiger partial charge in [0.25, 0.3) is 0 Å². The minimum Gasteiger partial charge on any atom is -0.427 e. The molecule has 0 saturated carbocycles. The van der Waals surface area contributed by atoms with Gasteiger partial charge >= 0.3 is 5.97 Å². The maximum Gasteiger partial charge on any atom is 0.308 e. The summed E-state index contributed by atoms with van der Waals surface area (Å²) >= 11 is 0. The van der Waals surface area contributed by atoms with Gasteiger partial charge in [-0.25, -0.2) is 0 Å². The van der Waals surface area contributed by atoms with Gasteiger partial charge in [0.05, 0.1) is 0 Å². The van der Waals surface area contributed by atoms with Crippen LogP contribution in [0.15, 0.2) is 24.3 Å². The lowest BCUT2D eigenvalue weighted by Crippen LogP contribution is -2.30. The lowest BCUT2D eigenvalue weighted by molar-refractivity contribution is -0.131. The van der Waals surface area contributed by atoms with Crippen molar-refractivity contribution in [1.29, 1.82) is 0 Å². The van der Waals surface area contributed by atoms with Crippen LogP contribution >= 0.6 is 0 Å². The third-order valence-corrected chi connectivity index (χ3v) is 1.93. The van der Waals surface area contributed by atoms with E-state index in [0.717, 1.165) is 0 Å². The Morgan fingerprint density at radius 3 is 2.06 bits per heavy atom. The highest BCUT2D eigenvalue weighted by molar-refractivity contribution is 6.01. The highest BCUT2D eigenvalue weighted by Gasteiger charge is 2.24. The molecular formula is C12H14O4. The predicted octanol–water partition coefficient (Wildman–Crippen LogP) is 1.57. The summed E-state index contributed by atoms with van der Waals surface area (Å²) in [5, 5.41) is 9.52. The maximum absolute atomic E-state index is 11.6. The number of benzene rings is 1. The summed E-state index contributed by atoms with van der Waals surface area (Å²) in [5.74, 6) is -0.414. The molecule has 0 aliphatic rings. The summed E-state index contributed by atoms with van der Waals surface area (Å²) in [6.45, 7) is 4.15. The minimum atomic E-state index is -1.40. The second-order valence-electron chi connectivity index (χ2n) is 4.01. The first-order valence-corrected chi connectivity index (χ1v) is 4.86. The third kappa shape index (κ3) is 3.17. The molecule has 1 aromatic carbocycles. The first-order chi connectivity index (χ1) is 7.30. The second-order valence-corrected chi connectivity index (χ2v) is 4.01. The first kappa shape index (κ1) is 12.4. The number of carbonyl (C=O) groups is 2. The molecule has 1 aromatic rings. The van der Waals surface area contributed by atoms with Crippen LogP contribution in [0.4, 0.5) is 0 Å². The lowest BCUT2D eigenvalue weighted by Gasteiger charge is -2.15.